The molecule has 3 rings (SSSR count). The predicted molar refractivity (Wildman–Crippen MR) is 102 cm³/mol. The number of hydrogen-bond acceptors (Lipinski definition) is 4. The van der Waals surface area contributed by atoms with Crippen LogP contribution in [0, 0.1) is 13.8 Å². The van der Waals surface area contributed by atoms with Gasteiger partial charge in [0.2, 0.25) is 0 Å². The number of hydrogen-bond donors (Lipinski definition) is 3. The maximum atomic E-state index is 12.5. The minimum Gasteiger partial charge on any atom is -0.467 e. The molecule has 0 bridgehead atoms. The molecule has 0 radical (unpaired) electrons. The molecule has 0 aliphatic heterocycles. The number of aromatic nitrogens is 2. The molecule has 0 saturated carbocycles. The highest BCUT2D eigenvalue weighted by atomic mass is 16.3. The second-order valence-corrected chi connectivity index (χ2v) is 6.09. The van der Waals surface area contributed by atoms with Crippen molar-refractivity contribution in [2.75, 3.05) is 10.6 Å². The highest BCUT2D eigenvalue weighted by Crippen LogP contribution is 2.17. The lowest BCUT2D eigenvalue weighted by atomic mass is 10.2. The van der Waals surface area contributed by atoms with Crippen molar-refractivity contribution in [3.63, 3.8) is 0 Å². The molecule has 0 aliphatic carbocycles. The van der Waals surface area contributed by atoms with Crippen molar-refractivity contribution in [2.45, 2.75) is 20.4 Å². The first-order valence-electron chi connectivity index (χ1n) is 8.43. The number of carbonyl (C=O) groups excluding carboxylic acids is 2. The van der Waals surface area contributed by atoms with E-state index >= 15 is 0 Å². The molecule has 0 fully saturated rings. The third-order valence-electron chi connectivity index (χ3n) is 4.14. The van der Waals surface area contributed by atoms with Gasteiger partial charge in [0.15, 0.2) is 0 Å². The number of nitrogens with one attached hydrogen (secondary N) is 3. The molecule has 0 atom stereocenters. The monoisotopic (exact) mass is 367 g/mol. The van der Waals surface area contributed by atoms with Gasteiger partial charge in [-0.25, -0.2) is 4.79 Å². The number of rotatable bonds is 5. The minimum atomic E-state index is -0.343. The van der Waals surface area contributed by atoms with E-state index in [9.17, 15) is 9.59 Å². The molecule has 0 saturated heterocycles. The normalized spacial score (nSPS) is 10.5. The Morgan fingerprint density at radius 2 is 1.74 bits per heavy atom. The summed E-state index contributed by atoms with van der Waals surface area (Å²) in [5.41, 5.74) is 3.29. The fourth-order valence-electron chi connectivity index (χ4n) is 2.69. The maximum Gasteiger partial charge on any atom is 0.319 e. The third kappa shape index (κ3) is 4.35. The zero-order valence-electron chi connectivity index (χ0n) is 15.4. The molecule has 0 aliphatic rings. The van der Waals surface area contributed by atoms with E-state index in [1.54, 1.807) is 61.3 Å². The summed E-state index contributed by atoms with van der Waals surface area (Å²) in [6.45, 7) is 3.95. The molecule has 140 valence electrons. The number of benzene rings is 1. The molecule has 3 amide bonds. The van der Waals surface area contributed by atoms with Gasteiger partial charge in [0.1, 0.15) is 5.76 Å². The van der Waals surface area contributed by atoms with Crippen molar-refractivity contribution < 1.29 is 14.0 Å². The summed E-state index contributed by atoms with van der Waals surface area (Å²) in [5, 5.41) is 12.5. The molecule has 8 nitrogen and oxygen atoms in total. The van der Waals surface area contributed by atoms with Gasteiger partial charge in [0.05, 0.1) is 24.1 Å². The second kappa shape index (κ2) is 7.77. The Bertz CT molecular complexity index is 943. The average Bonchev–Trinajstić information content (AvgIpc) is 3.23. The topological polar surface area (TPSA) is 101 Å². The number of furan rings is 1. The third-order valence-corrected chi connectivity index (χ3v) is 4.14. The number of amides is 3. The summed E-state index contributed by atoms with van der Waals surface area (Å²) in [4.78, 5) is 24.4. The van der Waals surface area contributed by atoms with E-state index in [0.29, 0.717) is 34.9 Å². The van der Waals surface area contributed by atoms with E-state index in [1.807, 2.05) is 6.92 Å². The minimum absolute atomic E-state index is 0.213. The van der Waals surface area contributed by atoms with E-state index in [4.69, 9.17) is 4.42 Å². The number of carbonyl (C=O) groups is 2. The van der Waals surface area contributed by atoms with Crippen LogP contribution in [0.15, 0.2) is 47.1 Å². The molecule has 1 aromatic carbocycles. The maximum absolute atomic E-state index is 12.5. The summed E-state index contributed by atoms with van der Waals surface area (Å²) < 4.78 is 6.83. The molecule has 3 aromatic rings. The number of anilines is 2. The van der Waals surface area contributed by atoms with Crippen LogP contribution in [0.1, 0.15) is 27.5 Å². The van der Waals surface area contributed by atoms with Crippen molar-refractivity contribution >= 4 is 23.3 Å². The first-order chi connectivity index (χ1) is 12.9. The van der Waals surface area contributed by atoms with E-state index in [2.05, 4.69) is 21.0 Å². The largest absolute Gasteiger partial charge is 0.467 e. The Morgan fingerprint density at radius 1 is 1.07 bits per heavy atom. The van der Waals surface area contributed by atoms with Crippen LogP contribution in [0.5, 0.6) is 0 Å². The van der Waals surface area contributed by atoms with Gasteiger partial charge >= 0.3 is 6.03 Å². The highest BCUT2D eigenvalue weighted by Gasteiger charge is 2.17. The second-order valence-electron chi connectivity index (χ2n) is 6.09. The number of urea groups is 1. The van der Waals surface area contributed by atoms with Crippen molar-refractivity contribution in [1.29, 1.82) is 0 Å². The lowest BCUT2D eigenvalue weighted by Crippen LogP contribution is -2.27. The van der Waals surface area contributed by atoms with Crippen molar-refractivity contribution in [3.8, 4) is 0 Å². The number of aryl methyl sites for hydroxylation is 2. The van der Waals surface area contributed by atoms with Crippen LogP contribution in [-0.4, -0.2) is 21.7 Å². The Balaban J connectivity index is 1.56. The molecule has 3 N–H and O–H groups in total. The van der Waals surface area contributed by atoms with Crippen LogP contribution >= 0.6 is 0 Å². The fraction of sp³-hybridized carbons (Fsp3) is 0.211. The fourth-order valence-corrected chi connectivity index (χ4v) is 2.69. The van der Waals surface area contributed by atoms with Crippen LogP contribution in [0.4, 0.5) is 16.2 Å². The van der Waals surface area contributed by atoms with E-state index in [1.165, 1.54) is 0 Å². The SMILES string of the molecule is Cc1nn(C)c(C)c1C(=O)Nc1ccc(NC(=O)NCc2ccco2)cc1. The summed E-state index contributed by atoms with van der Waals surface area (Å²) in [7, 11) is 1.80. The van der Waals surface area contributed by atoms with Crippen LogP contribution in [0.3, 0.4) is 0 Å². The molecular weight excluding hydrogens is 346 g/mol. The van der Waals surface area contributed by atoms with Crippen LogP contribution < -0.4 is 16.0 Å². The standard InChI is InChI=1S/C19H21N5O3/c1-12-17(13(2)24(3)23-12)18(25)21-14-6-8-15(9-7-14)22-19(26)20-11-16-5-4-10-27-16/h4-10H,11H2,1-3H3,(H,21,25)(H2,20,22,26). The van der Waals surface area contributed by atoms with Gasteiger partial charge in [-0.1, -0.05) is 0 Å². The zero-order chi connectivity index (χ0) is 19.4. The van der Waals surface area contributed by atoms with E-state index in [0.717, 1.165) is 5.69 Å². The molecule has 8 heteroatoms. The quantitative estimate of drug-likeness (QED) is 0.644. The average molecular weight is 367 g/mol. The Kier molecular flexibility index (Phi) is 5.25. The van der Waals surface area contributed by atoms with E-state index in [-0.39, 0.29) is 11.9 Å². The first kappa shape index (κ1) is 18.2. The van der Waals surface area contributed by atoms with Crippen molar-refractivity contribution in [3.05, 3.63) is 65.4 Å². The van der Waals surface area contributed by atoms with E-state index < -0.39 is 0 Å². The predicted octanol–water partition coefficient (Wildman–Crippen LogP) is 3.20. The first-order valence-corrected chi connectivity index (χ1v) is 8.43. The Hall–Kier alpha value is -3.55. The number of nitrogens with zero attached hydrogens (tertiary/aromatic N) is 2. The highest BCUT2D eigenvalue weighted by molar-refractivity contribution is 6.06. The van der Waals surface area contributed by atoms with Gasteiger partial charge in [0, 0.05) is 24.1 Å². The summed E-state index contributed by atoms with van der Waals surface area (Å²) in [6, 6.07) is 10.1. The van der Waals surface area contributed by atoms with Crippen LogP contribution in [-0.2, 0) is 13.6 Å². The molecule has 0 spiro atoms. The molecule has 2 heterocycles. The summed E-state index contributed by atoms with van der Waals surface area (Å²) in [6.07, 6.45) is 1.55. The summed E-state index contributed by atoms with van der Waals surface area (Å²) >= 11 is 0. The Labute approximate surface area is 156 Å². The molecule has 2 aromatic heterocycles. The van der Waals surface area contributed by atoms with Gasteiger partial charge in [0.25, 0.3) is 5.91 Å². The van der Waals surface area contributed by atoms with Crippen molar-refractivity contribution in [1.82, 2.24) is 15.1 Å². The Morgan fingerprint density at radius 3 is 2.30 bits per heavy atom. The molecule has 0 unspecified atom stereocenters. The van der Waals surface area contributed by atoms with Gasteiger partial charge in [-0.05, 0) is 50.2 Å². The zero-order valence-corrected chi connectivity index (χ0v) is 15.4. The van der Waals surface area contributed by atoms with Crippen LogP contribution in [0.2, 0.25) is 0 Å². The van der Waals surface area contributed by atoms with Gasteiger partial charge in [-0.15, -0.1) is 0 Å². The van der Waals surface area contributed by atoms with Gasteiger partial charge in [-0.3, -0.25) is 9.48 Å². The van der Waals surface area contributed by atoms with Crippen molar-refractivity contribution in [2.24, 2.45) is 7.05 Å². The van der Waals surface area contributed by atoms with Gasteiger partial charge < -0.3 is 20.4 Å². The van der Waals surface area contributed by atoms with Crippen LogP contribution in [0.25, 0.3) is 0 Å². The van der Waals surface area contributed by atoms with Gasteiger partial charge in [-0.2, -0.15) is 5.10 Å². The lowest BCUT2D eigenvalue weighted by Gasteiger charge is -2.09. The molecule has 27 heavy (non-hydrogen) atoms. The summed E-state index contributed by atoms with van der Waals surface area (Å²) in [5.74, 6) is 0.458. The molecular formula is C19H21N5O3. The smallest absolute Gasteiger partial charge is 0.319 e. The lowest BCUT2D eigenvalue weighted by molar-refractivity contribution is 0.102.